The summed E-state index contributed by atoms with van der Waals surface area (Å²) < 4.78 is 0. The van der Waals surface area contributed by atoms with E-state index in [9.17, 15) is 0 Å². The Hall–Kier alpha value is -1.94. The van der Waals surface area contributed by atoms with Gasteiger partial charge in [0, 0.05) is 12.5 Å². The number of hydrogen-bond acceptors (Lipinski definition) is 4. The number of benzene rings is 1. The summed E-state index contributed by atoms with van der Waals surface area (Å²) in [6.07, 6.45) is 0. The third kappa shape index (κ3) is 2.06. The standard InChI is InChI=1S/C16H17N3S/c1-16(2,11-7-5-4-6-8-11)15-18-13(17-3)12-9-10-20-14(12)19-15/h4-10H,1-3H3,(H,17,18,19). The maximum absolute atomic E-state index is 4.76. The zero-order valence-electron chi connectivity index (χ0n) is 11.8. The van der Waals surface area contributed by atoms with Crippen molar-refractivity contribution in [3.05, 3.63) is 53.2 Å². The molecule has 0 fully saturated rings. The lowest BCUT2D eigenvalue weighted by molar-refractivity contribution is 0.595. The Kier molecular flexibility index (Phi) is 3.18. The van der Waals surface area contributed by atoms with E-state index >= 15 is 0 Å². The highest BCUT2D eigenvalue weighted by molar-refractivity contribution is 7.16. The summed E-state index contributed by atoms with van der Waals surface area (Å²) in [6, 6.07) is 12.5. The molecular weight excluding hydrogens is 266 g/mol. The fourth-order valence-electron chi connectivity index (χ4n) is 2.31. The van der Waals surface area contributed by atoms with Gasteiger partial charge in [-0.05, 0) is 30.9 Å². The SMILES string of the molecule is CNc1nc(C(C)(C)c2ccccc2)nc2sccc12. The molecule has 102 valence electrons. The number of rotatable bonds is 3. The van der Waals surface area contributed by atoms with Crippen molar-refractivity contribution in [2.45, 2.75) is 19.3 Å². The van der Waals surface area contributed by atoms with E-state index in [1.165, 1.54) is 5.56 Å². The summed E-state index contributed by atoms with van der Waals surface area (Å²) in [7, 11) is 1.90. The van der Waals surface area contributed by atoms with Crippen LogP contribution in [0.2, 0.25) is 0 Å². The number of fused-ring (bicyclic) bond motifs is 1. The first-order chi connectivity index (χ1) is 9.63. The lowest BCUT2D eigenvalue weighted by Gasteiger charge is -2.24. The molecule has 0 unspecified atom stereocenters. The van der Waals surface area contributed by atoms with Crippen LogP contribution in [0.1, 0.15) is 25.2 Å². The second kappa shape index (κ2) is 4.87. The average Bonchev–Trinajstić information content (AvgIpc) is 2.95. The fourth-order valence-corrected chi connectivity index (χ4v) is 3.07. The molecule has 0 radical (unpaired) electrons. The zero-order chi connectivity index (χ0) is 14.2. The van der Waals surface area contributed by atoms with Crippen LogP contribution in [0, 0.1) is 0 Å². The van der Waals surface area contributed by atoms with E-state index < -0.39 is 0 Å². The van der Waals surface area contributed by atoms with Crippen LogP contribution < -0.4 is 5.32 Å². The minimum atomic E-state index is -0.217. The van der Waals surface area contributed by atoms with Crippen LogP contribution in [-0.2, 0) is 5.41 Å². The number of nitrogens with one attached hydrogen (secondary N) is 1. The molecule has 0 saturated heterocycles. The first-order valence-electron chi connectivity index (χ1n) is 6.62. The van der Waals surface area contributed by atoms with Crippen LogP contribution >= 0.6 is 11.3 Å². The van der Waals surface area contributed by atoms with Crippen molar-refractivity contribution < 1.29 is 0 Å². The molecule has 20 heavy (non-hydrogen) atoms. The molecular formula is C16H17N3S. The van der Waals surface area contributed by atoms with Gasteiger partial charge >= 0.3 is 0 Å². The minimum absolute atomic E-state index is 0.217. The topological polar surface area (TPSA) is 37.8 Å². The molecule has 4 heteroatoms. The lowest BCUT2D eigenvalue weighted by atomic mass is 9.84. The van der Waals surface area contributed by atoms with Crippen LogP contribution in [-0.4, -0.2) is 17.0 Å². The van der Waals surface area contributed by atoms with Crippen LogP contribution in [0.3, 0.4) is 0 Å². The molecule has 3 nitrogen and oxygen atoms in total. The number of nitrogens with zero attached hydrogens (tertiary/aromatic N) is 2. The van der Waals surface area contributed by atoms with Gasteiger partial charge in [-0.2, -0.15) is 0 Å². The summed E-state index contributed by atoms with van der Waals surface area (Å²) in [5.41, 5.74) is 1.00. The minimum Gasteiger partial charge on any atom is -0.372 e. The van der Waals surface area contributed by atoms with E-state index in [4.69, 9.17) is 9.97 Å². The van der Waals surface area contributed by atoms with E-state index in [0.717, 1.165) is 21.9 Å². The smallest absolute Gasteiger partial charge is 0.142 e. The molecule has 0 amide bonds. The van der Waals surface area contributed by atoms with Gasteiger partial charge in [-0.15, -0.1) is 11.3 Å². The van der Waals surface area contributed by atoms with E-state index in [2.05, 4.69) is 54.9 Å². The number of hydrogen-bond donors (Lipinski definition) is 1. The van der Waals surface area contributed by atoms with Gasteiger partial charge in [0.15, 0.2) is 0 Å². The first-order valence-corrected chi connectivity index (χ1v) is 7.50. The molecule has 0 saturated carbocycles. The Morgan fingerprint density at radius 1 is 1.05 bits per heavy atom. The number of thiophene rings is 1. The highest BCUT2D eigenvalue weighted by Crippen LogP contribution is 2.33. The summed E-state index contributed by atoms with van der Waals surface area (Å²) >= 11 is 1.65. The van der Waals surface area contributed by atoms with Gasteiger partial charge in [0.25, 0.3) is 0 Å². The molecule has 0 atom stereocenters. The average molecular weight is 283 g/mol. The molecule has 3 aromatic rings. The molecule has 2 heterocycles. The molecule has 3 rings (SSSR count). The Labute approximate surface area is 122 Å². The van der Waals surface area contributed by atoms with Gasteiger partial charge in [0.1, 0.15) is 16.5 Å². The zero-order valence-corrected chi connectivity index (χ0v) is 12.7. The summed E-state index contributed by atoms with van der Waals surface area (Å²) in [5.74, 6) is 1.75. The van der Waals surface area contributed by atoms with Gasteiger partial charge in [-0.3, -0.25) is 0 Å². The van der Waals surface area contributed by atoms with E-state index in [0.29, 0.717) is 0 Å². The van der Waals surface area contributed by atoms with Crippen molar-refractivity contribution in [2.75, 3.05) is 12.4 Å². The molecule has 0 aliphatic carbocycles. The quantitative estimate of drug-likeness (QED) is 0.787. The summed E-state index contributed by atoms with van der Waals surface area (Å²) in [5, 5.41) is 6.32. The van der Waals surface area contributed by atoms with Gasteiger partial charge in [0.05, 0.1) is 5.39 Å². The predicted molar refractivity (Wildman–Crippen MR) is 85.5 cm³/mol. The second-order valence-electron chi connectivity index (χ2n) is 5.28. The second-order valence-corrected chi connectivity index (χ2v) is 6.17. The van der Waals surface area contributed by atoms with Crippen molar-refractivity contribution in [1.82, 2.24) is 9.97 Å². The van der Waals surface area contributed by atoms with Gasteiger partial charge < -0.3 is 5.32 Å². The molecule has 1 aromatic carbocycles. The van der Waals surface area contributed by atoms with Crippen molar-refractivity contribution in [1.29, 1.82) is 0 Å². The summed E-state index contributed by atoms with van der Waals surface area (Å²) in [4.78, 5) is 10.5. The molecule has 0 spiro atoms. The van der Waals surface area contributed by atoms with E-state index in [1.54, 1.807) is 11.3 Å². The maximum atomic E-state index is 4.76. The van der Waals surface area contributed by atoms with E-state index in [1.807, 2.05) is 13.1 Å². The molecule has 0 bridgehead atoms. The Morgan fingerprint density at radius 3 is 2.50 bits per heavy atom. The van der Waals surface area contributed by atoms with Crippen LogP contribution in [0.5, 0.6) is 0 Å². The monoisotopic (exact) mass is 283 g/mol. The normalized spacial score (nSPS) is 11.8. The van der Waals surface area contributed by atoms with Crippen LogP contribution in [0.15, 0.2) is 41.8 Å². The summed E-state index contributed by atoms with van der Waals surface area (Å²) in [6.45, 7) is 4.33. The van der Waals surface area contributed by atoms with Gasteiger partial charge in [0.2, 0.25) is 0 Å². The Bertz CT molecular complexity index is 732. The van der Waals surface area contributed by atoms with Crippen molar-refractivity contribution in [2.24, 2.45) is 0 Å². The predicted octanol–water partition coefficient (Wildman–Crippen LogP) is 4.06. The first kappa shape index (κ1) is 13.1. The van der Waals surface area contributed by atoms with Gasteiger partial charge in [-0.25, -0.2) is 9.97 Å². The highest BCUT2D eigenvalue weighted by atomic mass is 32.1. The van der Waals surface area contributed by atoms with Gasteiger partial charge in [-0.1, -0.05) is 30.3 Å². The third-order valence-electron chi connectivity index (χ3n) is 3.62. The largest absolute Gasteiger partial charge is 0.372 e. The van der Waals surface area contributed by atoms with Crippen molar-refractivity contribution in [3.8, 4) is 0 Å². The Morgan fingerprint density at radius 2 is 1.80 bits per heavy atom. The maximum Gasteiger partial charge on any atom is 0.142 e. The van der Waals surface area contributed by atoms with Crippen molar-refractivity contribution >= 4 is 27.4 Å². The number of aromatic nitrogens is 2. The third-order valence-corrected chi connectivity index (χ3v) is 4.42. The fraction of sp³-hybridized carbons (Fsp3) is 0.250. The molecule has 0 aliphatic heterocycles. The van der Waals surface area contributed by atoms with Crippen LogP contribution in [0.25, 0.3) is 10.2 Å². The van der Waals surface area contributed by atoms with Crippen LogP contribution in [0.4, 0.5) is 5.82 Å². The van der Waals surface area contributed by atoms with Crippen molar-refractivity contribution in [3.63, 3.8) is 0 Å². The highest BCUT2D eigenvalue weighted by Gasteiger charge is 2.27. The van der Waals surface area contributed by atoms with E-state index in [-0.39, 0.29) is 5.41 Å². The molecule has 1 N–H and O–H groups in total. The molecule has 0 aliphatic rings. The Balaban J connectivity index is 2.18. The molecule has 2 aromatic heterocycles. The lowest BCUT2D eigenvalue weighted by Crippen LogP contribution is -2.22. The number of anilines is 1.